The van der Waals surface area contributed by atoms with E-state index in [1.165, 1.54) is 12.1 Å². The molecule has 0 spiro atoms. The summed E-state index contributed by atoms with van der Waals surface area (Å²) in [6.07, 6.45) is -0.339. The van der Waals surface area contributed by atoms with Gasteiger partial charge in [-0.05, 0) is 12.1 Å². The third kappa shape index (κ3) is 1.53. The topological polar surface area (TPSA) is 58.9 Å². The second-order valence-corrected chi connectivity index (χ2v) is 2.86. The summed E-state index contributed by atoms with van der Waals surface area (Å²) in [4.78, 5) is 0. The predicted molar refractivity (Wildman–Crippen MR) is 45.1 cm³/mol. The van der Waals surface area contributed by atoms with Crippen LogP contribution in [0.1, 0.15) is 0 Å². The van der Waals surface area contributed by atoms with Gasteiger partial charge in [0.15, 0.2) is 17.6 Å². The summed E-state index contributed by atoms with van der Waals surface area (Å²) in [6.45, 7) is 0.253. The van der Waals surface area contributed by atoms with Crippen LogP contribution in [0.15, 0.2) is 18.2 Å². The van der Waals surface area contributed by atoms with E-state index in [2.05, 4.69) is 0 Å². The zero-order valence-corrected chi connectivity index (χ0v) is 6.93. The maximum atomic E-state index is 9.15. The molecule has 0 amide bonds. The van der Waals surface area contributed by atoms with Crippen molar-refractivity contribution in [3.63, 3.8) is 0 Å². The number of rotatable bonds is 1. The number of phenols is 1. The lowest BCUT2D eigenvalue weighted by atomic mass is 10.2. The summed E-state index contributed by atoms with van der Waals surface area (Å²) in [5.41, 5.74) is 0. The molecule has 2 rings (SSSR count). The Morgan fingerprint density at radius 1 is 1.38 bits per heavy atom. The molecule has 0 bridgehead atoms. The molecule has 4 nitrogen and oxygen atoms in total. The number of ether oxygens (including phenoxy) is 2. The van der Waals surface area contributed by atoms with Crippen molar-refractivity contribution in [3.05, 3.63) is 18.2 Å². The largest absolute Gasteiger partial charge is 0.508 e. The molecule has 0 saturated heterocycles. The summed E-state index contributed by atoms with van der Waals surface area (Å²) < 4.78 is 10.6. The molecule has 1 aromatic rings. The Kier molecular flexibility index (Phi) is 1.98. The highest BCUT2D eigenvalue weighted by molar-refractivity contribution is 5.45. The first-order valence-corrected chi connectivity index (χ1v) is 4.03. The van der Waals surface area contributed by atoms with Crippen LogP contribution in [-0.2, 0) is 0 Å². The number of aliphatic hydroxyl groups excluding tert-OH is 1. The molecular formula is C9H10O4. The molecule has 0 saturated carbocycles. The summed E-state index contributed by atoms with van der Waals surface area (Å²) in [7, 11) is 0. The summed E-state index contributed by atoms with van der Waals surface area (Å²) in [5.74, 6) is 1.20. The second kappa shape index (κ2) is 3.14. The van der Waals surface area contributed by atoms with E-state index in [0.29, 0.717) is 18.1 Å². The highest BCUT2D eigenvalue weighted by atomic mass is 16.6. The lowest BCUT2D eigenvalue weighted by Crippen LogP contribution is -2.32. The van der Waals surface area contributed by atoms with Gasteiger partial charge in [-0.3, -0.25) is 0 Å². The van der Waals surface area contributed by atoms with Crippen molar-refractivity contribution in [3.8, 4) is 17.2 Å². The molecule has 1 aromatic carbocycles. The van der Waals surface area contributed by atoms with E-state index < -0.39 is 0 Å². The average Bonchev–Trinajstić information content (AvgIpc) is 2.16. The van der Waals surface area contributed by atoms with E-state index in [9.17, 15) is 0 Å². The van der Waals surface area contributed by atoms with Gasteiger partial charge < -0.3 is 19.7 Å². The standard InChI is InChI=1S/C9H10O4/c10-4-7-5-12-8-2-1-6(11)3-9(8)13-7/h1-3,7,10-11H,4-5H2. The lowest BCUT2D eigenvalue weighted by Gasteiger charge is -2.24. The van der Waals surface area contributed by atoms with Gasteiger partial charge in [-0.2, -0.15) is 0 Å². The number of phenolic OH excluding ortho intramolecular Hbond substituents is 1. The molecule has 1 aliphatic heterocycles. The van der Waals surface area contributed by atoms with Gasteiger partial charge in [-0.25, -0.2) is 0 Å². The Balaban J connectivity index is 2.27. The first kappa shape index (κ1) is 8.19. The summed E-state index contributed by atoms with van der Waals surface area (Å²) in [5, 5.41) is 18.0. The van der Waals surface area contributed by atoms with Gasteiger partial charge >= 0.3 is 0 Å². The first-order chi connectivity index (χ1) is 6.29. The number of benzene rings is 1. The third-order valence-electron chi connectivity index (χ3n) is 1.85. The number of fused-ring (bicyclic) bond motifs is 1. The molecule has 13 heavy (non-hydrogen) atoms. The first-order valence-electron chi connectivity index (χ1n) is 4.03. The van der Waals surface area contributed by atoms with Gasteiger partial charge in [0.05, 0.1) is 6.61 Å². The molecule has 70 valence electrons. The van der Waals surface area contributed by atoms with Crippen LogP contribution >= 0.6 is 0 Å². The number of aromatic hydroxyl groups is 1. The molecule has 0 fully saturated rings. The maximum Gasteiger partial charge on any atom is 0.165 e. The quantitative estimate of drug-likeness (QED) is 0.665. The Labute approximate surface area is 75.3 Å². The number of hydrogen-bond donors (Lipinski definition) is 2. The van der Waals surface area contributed by atoms with Crippen molar-refractivity contribution in [2.75, 3.05) is 13.2 Å². The van der Waals surface area contributed by atoms with Crippen molar-refractivity contribution in [2.45, 2.75) is 6.10 Å². The van der Waals surface area contributed by atoms with E-state index in [-0.39, 0.29) is 18.5 Å². The minimum atomic E-state index is -0.339. The monoisotopic (exact) mass is 182 g/mol. The zero-order chi connectivity index (χ0) is 9.26. The molecule has 0 aromatic heterocycles. The normalized spacial score (nSPS) is 19.9. The predicted octanol–water partition coefficient (Wildman–Crippen LogP) is 0.524. The zero-order valence-electron chi connectivity index (χ0n) is 6.93. The van der Waals surface area contributed by atoms with Crippen LogP contribution in [0.2, 0.25) is 0 Å². The number of aliphatic hydroxyl groups is 1. The van der Waals surface area contributed by atoms with Crippen molar-refractivity contribution >= 4 is 0 Å². The minimum absolute atomic E-state index is 0.0882. The van der Waals surface area contributed by atoms with E-state index in [4.69, 9.17) is 19.7 Å². The fraction of sp³-hybridized carbons (Fsp3) is 0.333. The van der Waals surface area contributed by atoms with E-state index >= 15 is 0 Å². The fourth-order valence-electron chi connectivity index (χ4n) is 1.19. The molecule has 4 heteroatoms. The van der Waals surface area contributed by atoms with Gasteiger partial charge in [0.2, 0.25) is 0 Å². The Hall–Kier alpha value is -1.42. The maximum absolute atomic E-state index is 9.15. The van der Waals surface area contributed by atoms with Crippen LogP contribution in [0.25, 0.3) is 0 Å². The van der Waals surface area contributed by atoms with Crippen molar-refractivity contribution < 1.29 is 19.7 Å². The van der Waals surface area contributed by atoms with Crippen LogP contribution < -0.4 is 9.47 Å². The molecule has 1 aliphatic rings. The van der Waals surface area contributed by atoms with Gasteiger partial charge in [0.25, 0.3) is 0 Å². The molecule has 2 N–H and O–H groups in total. The van der Waals surface area contributed by atoms with Gasteiger partial charge in [0.1, 0.15) is 12.4 Å². The molecule has 0 radical (unpaired) electrons. The van der Waals surface area contributed by atoms with Crippen LogP contribution in [0, 0.1) is 0 Å². The molecule has 1 unspecified atom stereocenters. The highest BCUT2D eigenvalue weighted by Crippen LogP contribution is 2.34. The van der Waals surface area contributed by atoms with Crippen molar-refractivity contribution in [1.82, 2.24) is 0 Å². The minimum Gasteiger partial charge on any atom is -0.508 e. The Bertz CT molecular complexity index is 310. The van der Waals surface area contributed by atoms with Crippen LogP contribution in [0.4, 0.5) is 0 Å². The van der Waals surface area contributed by atoms with Gasteiger partial charge in [0, 0.05) is 6.07 Å². The Morgan fingerprint density at radius 3 is 3.00 bits per heavy atom. The SMILES string of the molecule is OCC1COc2ccc(O)cc2O1. The van der Waals surface area contributed by atoms with Crippen molar-refractivity contribution in [2.24, 2.45) is 0 Å². The van der Waals surface area contributed by atoms with E-state index in [1.807, 2.05) is 0 Å². The summed E-state index contributed by atoms with van der Waals surface area (Å²) >= 11 is 0. The molecule has 0 aliphatic carbocycles. The van der Waals surface area contributed by atoms with Crippen LogP contribution in [-0.4, -0.2) is 29.5 Å². The van der Waals surface area contributed by atoms with Gasteiger partial charge in [-0.1, -0.05) is 0 Å². The molecule has 1 atom stereocenters. The third-order valence-corrected chi connectivity index (χ3v) is 1.85. The van der Waals surface area contributed by atoms with Crippen LogP contribution in [0.5, 0.6) is 17.2 Å². The smallest absolute Gasteiger partial charge is 0.165 e. The highest BCUT2D eigenvalue weighted by Gasteiger charge is 2.20. The molecule has 1 heterocycles. The molecular weight excluding hydrogens is 172 g/mol. The Morgan fingerprint density at radius 2 is 2.23 bits per heavy atom. The van der Waals surface area contributed by atoms with Gasteiger partial charge in [-0.15, -0.1) is 0 Å². The fourth-order valence-corrected chi connectivity index (χ4v) is 1.19. The van der Waals surface area contributed by atoms with Crippen LogP contribution in [0.3, 0.4) is 0 Å². The van der Waals surface area contributed by atoms with Crippen molar-refractivity contribution in [1.29, 1.82) is 0 Å². The van der Waals surface area contributed by atoms with E-state index in [1.54, 1.807) is 6.07 Å². The lowest BCUT2D eigenvalue weighted by molar-refractivity contribution is 0.0454. The average molecular weight is 182 g/mol. The van der Waals surface area contributed by atoms with E-state index in [0.717, 1.165) is 0 Å². The summed E-state index contributed by atoms with van der Waals surface area (Å²) in [6, 6.07) is 4.64. The second-order valence-electron chi connectivity index (χ2n) is 2.86. The number of hydrogen-bond acceptors (Lipinski definition) is 4.